The summed E-state index contributed by atoms with van der Waals surface area (Å²) in [7, 11) is 0. The molecule has 2 nitrogen and oxygen atoms in total. The molecular formula is C53H54N2. The zero-order chi connectivity index (χ0) is 39.2. The topological polar surface area (TPSA) is 6.48 Å². The van der Waals surface area contributed by atoms with E-state index >= 15 is 0 Å². The first-order chi connectivity index (χ1) is 26.6. The third-order valence-electron chi connectivity index (χ3n) is 10.7. The van der Waals surface area contributed by atoms with Crippen LogP contribution in [0.3, 0.4) is 0 Å². The molecule has 2 heterocycles. The molecule has 0 aromatic heterocycles. The molecule has 0 unspecified atom stereocenters. The van der Waals surface area contributed by atoms with Crippen molar-refractivity contribution in [2.45, 2.75) is 68.2 Å². The van der Waals surface area contributed by atoms with Gasteiger partial charge in [-0.25, -0.2) is 0 Å². The van der Waals surface area contributed by atoms with E-state index in [-0.39, 0.29) is 0 Å². The summed E-state index contributed by atoms with van der Waals surface area (Å²) in [6, 6.07) is 20.0. The van der Waals surface area contributed by atoms with Gasteiger partial charge >= 0.3 is 0 Å². The Morgan fingerprint density at radius 1 is 0.691 bits per heavy atom. The Kier molecular flexibility index (Phi) is 11.9. The Morgan fingerprint density at radius 2 is 1.24 bits per heavy atom. The van der Waals surface area contributed by atoms with Gasteiger partial charge in [0.1, 0.15) is 0 Å². The zero-order valence-corrected chi connectivity index (χ0v) is 33.9. The quantitative estimate of drug-likeness (QED) is 0.152. The van der Waals surface area contributed by atoms with Crippen LogP contribution in [0, 0.1) is 20.8 Å². The van der Waals surface area contributed by atoms with Crippen LogP contribution in [0.5, 0.6) is 0 Å². The number of rotatable bonds is 10. The molecule has 6 rings (SSSR count). The van der Waals surface area contributed by atoms with E-state index in [2.05, 4.69) is 206 Å². The largest absolute Gasteiger partial charge is 0.323 e. The second kappa shape index (κ2) is 16.9. The number of anilines is 1. The van der Waals surface area contributed by atoms with Gasteiger partial charge in [0.25, 0.3) is 0 Å². The molecule has 0 radical (unpaired) electrons. The van der Waals surface area contributed by atoms with Crippen LogP contribution in [-0.2, 0) is 0 Å². The van der Waals surface area contributed by atoms with Crippen molar-refractivity contribution in [1.29, 1.82) is 0 Å². The van der Waals surface area contributed by atoms with Gasteiger partial charge in [-0.15, -0.1) is 5.73 Å². The average Bonchev–Trinajstić information content (AvgIpc) is 3.30. The van der Waals surface area contributed by atoms with Gasteiger partial charge in [-0.05, 0) is 169 Å². The number of benzene rings is 3. The maximum atomic E-state index is 4.05. The van der Waals surface area contributed by atoms with Crippen molar-refractivity contribution in [1.82, 2.24) is 4.90 Å². The van der Waals surface area contributed by atoms with Gasteiger partial charge in [0.05, 0.1) is 11.4 Å². The first kappa shape index (κ1) is 38.6. The van der Waals surface area contributed by atoms with Gasteiger partial charge in [0.2, 0.25) is 0 Å². The monoisotopic (exact) mass is 718 g/mol. The second-order valence-corrected chi connectivity index (χ2v) is 14.6. The van der Waals surface area contributed by atoms with Crippen molar-refractivity contribution in [2.24, 2.45) is 0 Å². The van der Waals surface area contributed by atoms with E-state index in [4.69, 9.17) is 0 Å². The van der Waals surface area contributed by atoms with Gasteiger partial charge in [-0.3, -0.25) is 0 Å². The molecule has 0 N–H and O–H groups in total. The van der Waals surface area contributed by atoms with Crippen LogP contribution in [0.15, 0.2) is 187 Å². The summed E-state index contributed by atoms with van der Waals surface area (Å²) in [5.41, 5.74) is 25.3. The first-order valence-electron chi connectivity index (χ1n) is 19.4. The normalized spacial score (nSPS) is 16.0. The lowest BCUT2D eigenvalue weighted by atomic mass is 9.90. The molecule has 0 spiro atoms. The van der Waals surface area contributed by atoms with Crippen LogP contribution in [0.2, 0.25) is 0 Å². The molecule has 1 aliphatic carbocycles. The van der Waals surface area contributed by atoms with E-state index < -0.39 is 0 Å². The Balaban J connectivity index is 1.24. The predicted molar refractivity (Wildman–Crippen MR) is 240 cm³/mol. The molecule has 0 saturated heterocycles. The van der Waals surface area contributed by atoms with E-state index in [0.29, 0.717) is 0 Å². The first-order valence-corrected chi connectivity index (χ1v) is 19.4. The minimum absolute atomic E-state index is 1.05. The Hall–Kier alpha value is -6.08. The van der Waals surface area contributed by atoms with Gasteiger partial charge < -0.3 is 9.80 Å². The fourth-order valence-corrected chi connectivity index (χ4v) is 8.05. The van der Waals surface area contributed by atoms with Crippen LogP contribution < -0.4 is 4.90 Å². The number of hydrogen-bond donors (Lipinski definition) is 0. The van der Waals surface area contributed by atoms with Crippen molar-refractivity contribution in [2.75, 3.05) is 4.90 Å². The number of unbranched alkanes of at least 4 members (excludes halogenated alkanes) is 1. The van der Waals surface area contributed by atoms with Crippen LogP contribution in [-0.4, -0.2) is 4.90 Å². The molecule has 3 aliphatic rings. The molecule has 3 aromatic carbocycles. The number of hydrogen-bond acceptors (Lipinski definition) is 2. The summed E-state index contributed by atoms with van der Waals surface area (Å²) in [5.74, 6) is 0. The molecule has 2 heteroatoms. The smallest absolute Gasteiger partial charge is 0.0520 e. The molecule has 0 atom stereocenters. The summed E-state index contributed by atoms with van der Waals surface area (Å²) < 4.78 is 0. The number of nitrogens with zero attached hydrogens (tertiary/aromatic N) is 2. The number of allylic oxidation sites excluding steroid dienone is 16. The Bertz CT molecular complexity index is 2350. The maximum Gasteiger partial charge on any atom is 0.0520 e. The van der Waals surface area contributed by atoms with Crippen molar-refractivity contribution < 1.29 is 0 Å². The minimum atomic E-state index is 1.05. The van der Waals surface area contributed by atoms with E-state index in [9.17, 15) is 0 Å². The maximum absolute atomic E-state index is 4.05. The highest BCUT2D eigenvalue weighted by molar-refractivity contribution is 5.84. The van der Waals surface area contributed by atoms with Gasteiger partial charge in [0.15, 0.2) is 0 Å². The van der Waals surface area contributed by atoms with Gasteiger partial charge in [0, 0.05) is 30.4 Å². The van der Waals surface area contributed by atoms with E-state index in [0.717, 1.165) is 35.1 Å². The summed E-state index contributed by atoms with van der Waals surface area (Å²) in [6.07, 6.45) is 30.3. The van der Waals surface area contributed by atoms with Crippen LogP contribution in [0.25, 0.3) is 27.8 Å². The molecule has 0 amide bonds. The molecule has 276 valence electrons. The summed E-state index contributed by atoms with van der Waals surface area (Å²) in [4.78, 5) is 4.50. The average molecular weight is 719 g/mol. The highest BCUT2D eigenvalue weighted by Crippen LogP contribution is 2.39. The summed E-state index contributed by atoms with van der Waals surface area (Å²) in [6.45, 7) is 25.5. The lowest BCUT2D eigenvalue weighted by Gasteiger charge is -2.27. The number of aryl methyl sites for hydroxylation is 2. The third kappa shape index (κ3) is 8.07. The van der Waals surface area contributed by atoms with Crippen molar-refractivity contribution >= 4 is 22.4 Å². The van der Waals surface area contributed by atoms with E-state index in [1.165, 1.54) is 78.2 Å². The molecular weight excluding hydrogens is 665 g/mol. The molecule has 0 saturated carbocycles. The van der Waals surface area contributed by atoms with Crippen LogP contribution in [0.1, 0.15) is 80.8 Å². The fourth-order valence-electron chi connectivity index (χ4n) is 8.05. The molecule has 55 heavy (non-hydrogen) atoms. The van der Waals surface area contributed by atoms with Crippen LogP contribution in [0.4, 0.5) is 5.69 Å². The van der Waals surface area contributed by atoms with Crippen molar-refractivity contribution in [3.63, 3.8) is 0 Å². The second-order valence-electron chi connectivity index (χ2n) is 14.6. The molecule has 0 bridgehead atoms. The van der Waals surface area contributed by atoms with E-state index in [1.54, 1.807) is 0 Å². The zero-order valence-electron chi connectivity index (χ0n) is 33.9. The fraction of sp³-hybridized carbons (Fsp3) is 0.189. The third-order valence-corrected chi connectivity index (χ3v) is 10.7. The van der Waals surface area contributed by atoms with Gasteiger partial charge in [-0.1, -0.05) is 105 Å². The van der Waals surface area contributed by atoms with Crippen molar-refractivity contribution in [3.05, 3.63) is 220 Å². The molecule has 0 fully saturated rings. The van der Waals surface area contributed by atoms with Crippen molar-refractivity contribution in [3.8, 4) is 11.1 Å². The summed E-state index contributed by atoms with van der Waals surface area (Å²) >= 11 is 0. The molecule has 3 aromatic rings. The lowest BCUT2D eigenvalue weighted by molar-refractivity contribution is 0.627. The lowest BCUT2D eigenvalue weighted by Crippen LogP contribution is -2.16. The molecule has 2 aliphatic heterocycles. The highest BCUT2D eigenvalue weighted by atomic mass is 15.1. The van der Waals surface area contributed by atoms with Gasteiger partial charge in [-0.2, -0.15) is 0 Å². The standard InChI is InChI=1S/C53H54N2/c1-11-15-16-43(14-4)45-17-21-48(22-18-45)50-34-36(5)33-38(7)52(40(50)9)54-29-25-46(26-30-54)47-27-31-55(32-28-47)53-39(8)35-37(6)51(41(53)10)49-23-19-44(20-24-49)42(12-2)13-3/h12-14,16-33,35H,2,4,11,15H2,1,3,5-10H3/b42-13+,43-16+. The minimum Gasteiger partial charge on any atom is -0.323 e. The SMILES string of the molecule is C=C/C(=C\CCC)c1ccc(C2=C=C(C)C=C(C)C(N3C=CC(=C4C=CN(c5c(C)cc(C)c(-c6ccc(/C(C=C)=C/C)cc6)c5C)C=C4)C=C3)=C2C)cc1. The predicted octanol–water partition coefficient (Wildman–Crippen LogP) is 14.6. The Morgan fingerprint density at radius 3 is 1.78 bits per heavy atom. The van der Waals surface area contributed by atoms with E-state index in [1.807, 2.05) is 12.2 Å². The Labute approximate surface area is 330 Å². The summed E-state index contributed by atoms with van der Waals surface area (Å²) in [5, 5.41) is 0. The van der Waals surface area contributed by atoms with Crippen LogP contribution >= 0.6 is 0 Å². The highest BCUT2D eigenvalue weighted by Gasteiger charge is 2.21.